The van der Waals surface area contributed by atoms with E-state index in [0.717, 1.165) is 16.1 Å². The average molecular weight is 309 g/mol. The normalized spacial score (nSPS) is 11.7. The number of rotatable bonds is 6. The number of aryl methyl sites for hydroxylation is 1. The van der Waals surface area contributed by atoms with Crippen molar-refractivity contribution in [3.63, 3.8) is 0 Å². The van der Waals surface area contributed by atoms with E-state index in [1.54, 1.807) is 12.1 Å². The van der Waals surface area contributed by atoms with Gasteiger partial charge in [-0.25, -0.2) is 8.42 Å². The number of aromatic nitrogens is 2. The molecule has 21 heavy (non-hydrogen) atoms. The van der Waals surface area contributed by atoms with Gasteiger partial charge in [0.1, 0.15) is 0 Å². The lowest BCUT2D eigenvalue weighted by atomic mass is 10.2. The number of benzene rings is 1. The minimum Gasteiger partial charge on any atom is -0.592 e. The summed E-state index contributed by atoms with van der Waals surface area (Å²) >= 11 is 0. The topological polar surface area (TPSA) is 90.3 Å². The second-order valence-electron chi connectivity index (χ2n) is 4.47. The van der Waals surface area contributed by atoms with Crippen molar-refractivity contribution in [3.05, 3.63) is 59.6 Å². The monoisotopic (exact) mass is 309 g/mol. The van der Waals surface area contributed by atoms with Crippen LogP contribution >= 0.6 is 0 Å². The predicted molar refractivity (Wildman–Crippen MR) is 74.4 cm³/mol. The summed E-state index contributed by atoms with van der Waals surface area (Å²) in [5.41, 5.74) is 0.965. The second kappa shape index (κ2) is 6.06. The van der Waals surface area contributed by atoms with Crippen LogP contribution in [0, 0.1) is 12.1 Å². The first-order chi connectivity index (χ1) is 9.93. The SMILES string of the molecule is C=CCN(Cc1c[n+]([O-])no1)S(=O)(=O)c1ccc(C)cc1. The van der Waals surface area contributed by atoms with E-state index in [0.29, 0.717) is 0 Å². The molecule has 1 aromatic carbocycles. The molecule has 0 fully saturated rings. The molecule has 0 aliphatic heterocycles. The van der Waals surface area contributed by atoms with Crippen LogP contribution in [0.15, 0.2) is 52.5 Å². The van der Waals surface area contributed by atoms with Crippen LogP contribution in [-0.2, 0) is 16.6 Å². The summed E-state index contributed by atoms with van der Waals surface area (Å²) in [5, 5.41) is 14.0. The summed E-state index contributed by atoms with van der Waals surface area (Å²) in [7, 11) is -3.71. The molecule has 0 amide bonds. The molecule has 0 N–H and O–H groups in total. The van der Waals surface area contributed by atoms with Crippen LogP contribution in [0.4, 0.5) is 0 Å². The Kier molecular flexibility index (Phi) is 4.39. The first-order valence-electron chi connectivity index (χ1n) is 6.16. The van der Waals surface area contributed by atoms with Crippen molar-refractivity contribution in [1.82, 2.24) is 9.58 Å². The van der Waals surface area contributed by atoms with Gasteiger partial charge in [-0.2, -0.15) is 4.31 Å². The number of hydrogen-bond donors (Lipinski definition) is 0. The molecule has 0 aliphatic rings. The van der Waals surface area contributed by atoms with Gasteiger partial charge in [-0.1, -0.05) is 23.8 Å². The number of nitrogens with zero attached hydrogens (tertiary/aromatic N) is 3. The molecule has 0 saturated carbocycles. The summed E-state index contributed by atoms with van der Waals surface area (Å²) in [4.78, 5) is 0.407. The van der Waals surface area contributed by atoms with Gasteiger partial charge < -0.3 is 9.73 Å². The Morgan fingerprint density at radius 2 is 2.10 bits per heavy atom. The maximum Gasteiger partial charge on any atom is 0.255 e. The lowest BCUT2D eigenvalue weighted by molar-refractivity contribution is -0.679. The highest BCUT2D eigenvalue weighted by molar-refractivity contribution is 7.89. The van der Waals surface area contributed by atoms with Crippen molar-refractivity contribution >= 4 is 10.0 Å². The molecule has 0 saturated heterocycles. The van der Waals surface area contributed by atoms with Crippen LogP contribution in [0.2, 0.25) is 0 Å². The Labute approximate surface area is 122 Å². The summed E-state index contributed by atoms with van der Waals surface area (Å²) in [6.07, 6.45) is 2.55. The summed E-state index contributed by atoms with van der Waals surface area (Å²) < 4.78 is 31.1. The smallest absolute Gasteiger partial charge is 0.255 e. The van der Waals surface area contributed by atoms with Gasteiger partial charge in [0.05, 0.1) is 11.4 Å². The van der Waals surface area contributed by atoms with E-state index in [9.17, 15) is 13.6 Å². The Bertz CT molecular complexity index is 722. The zero-order valence-corrected chi connectivity index (χ0v) is 12.3. The Morgan fingerprint density at radius 3 is 2.62 bits per heavy atom. The second-order valence-corrected chi connectivity index (χ2v) is 6.41. The minimum atomic E-state index is -3.71. The van der Waals surface area contributed by atoms with Crippen molar-refractivity contribution in [3.8, 4) is 0 Å². The largest absolute Gasteiger partial charge is 0.592 e. The van der Waals surface area contributed by atoms with Gasteiger partial charge in [-0.15, -0.1) is 6.58 Å². The van der Waals surface area contributed by atoms with Crippen LogP contribution in [0.25, 0.3) is 0 Å². The van der Waals surface area contributed by atoms with E-state index in [1.165, 1.54) is 18.2 Å². The number of hydrogen-bond acceptors (Lipinski definition) is 5. The van der Waals surface area contributed by atoms with E-state index in [2.05, 4.69) is 11.9 Å². The first kappa shape index (κ1) is 15.2. The molecule has 112 valence electrons. The third-order valence-corrected chi connectivity index (χ3v) is 4.64. The molecule has 0 radical (unpaired) electrons. The van der Waals surface area contributed by atoms with Crippen LogP contribution in [-0.4, -0.2) is 24.5 Å². The molecule has 7 nitrogen and oxygen atoms in total. The molecule has 0 atom stereocenters. The van der Waals surface area contributed by atoms with Crippen molar-refractivity contribution in [2.75, 3.05) is 6.54 Å². The van der Waals surface area contributed by atoms with Crippen LogP contribution in [0.1, 0.15) is 11.3 Å². The molecule has 1 aromatic heterocycles. The molecular formula is C13H15N3O4S. The fourth-order valence-corrected chi connectivity index (χ4v) is 3.13. The van der Waals surface area contributed by atoms with E-state index in [1.807, 2.05) is 6.92 Å². The fourth-order valence-electron chi connectivity index (χ4n) is 1.76. The fraction of sp³-hybridized carbons (Fsp3) is 0.231. The van der Waals surface area contributed by atoms with Crippen LogP contribution in [0.3, 0.4) is 0 Å². The predicted octanol–water partition coefficient (Wildman–Crippen LogP) is 0.993. The first-order valence-corrected chi connectivity index (χ1v) is 7.60. The lowest BCUT2D eigenvalue weighted by Crippen LogP contribution is -2.31. The number of sulfonamides is 1. The van der Waals surface area contributed by atoms with Crippen molar-refractivity contribution in [1.29, 1.82) is 0 Å². The third-order valence-electron chi connectivity index (χ3n) is 2.82. The Balaban J connectivity index is 2.31. The molecule has 8 heteroatoms. The van der Waals surface area contributed by atoms with Crippen LogP contribution in [0.5, 0.6) is 0 Å². The molecule has 1 heterocycles. The average Bonchev–Trinajstić information content (AvgIpc) is 2.84. The van der Waals surface area contributed by atoms with E-state index in [4.69, 9.17) is 4.52 Å². The third kappa shape index (κ3) is 3.47. The standard InChI is InChI=1S/C13H15N3O4S/c1-3-8-15(9-12-10-16(17)14-20-12)21(18,19)13-6-4-11(2)5-7-13/h3-7,10H,1,8-9H2,2H3. The maximum absolute atomic E-state index is 12.6. The Hall–Kier alpha value is -2.19. The zero-order chi connectivity index (χ0) is 15.5. The maximum atomic E-state index is 12.6. The molecule has 2 aromatic rings. The van der Waals surface area contributed by atoms with Gasteiger partial charge in [0.15, 0.2) is 0 Å². The summed E-state index contributed by atoms with van der Waals surface area (Å²) in [6.45, 7) is 5.42. The lowest BCUT2D eigenvalue weighted by Gasteiger charge is -2.18. The Morgan fingerprint density at radius 1 is 1.43 bits per heavy atom. The highest BCUT2D eigenvalue weighted by Crippen LogP contribution is 2.18. The molecular weight excluding hydrogens is 294 g/mol. The molecule has 0 unspecified atom stereocenters. The highest BCUT2D eigenvalue weighted by atomic mass is 32.2. The zero-order valence-electron chi connectivity index (χ0n) is 11.5. The van der Waals surface area contributed by atoms with Gasteiger partial charge in [0.25, 0.3) is 6.20 Å². The van der Waals surface area contributed by atoms with Gasteiger partial charge in [0.2, 0.25) is 21.1 Å². The molecule has 0 aliphatic carbocycles. The van der Waals surface area contributed by atoms with E-state index >= 15 is 0 Å². The van der Waals surface area contributed by atoms with E-state index in [-0.39, 0.29) is 28.6 Å². The van der Waals surface area contributed by atoms with Crippen molar-refractivity contribution < 1.29 is 17.8 Å². The van der Waals surface area contributed by atoms with Gasteiger partial charge in [-0.05, 0) is 23.9 Å². The molecule has 0 bridgehead atoms. The van der Waals surface area contributed by atoms with Crippen molar-refractivity contribution in [2.24, 2.45) is 0 Å². The van der Waals surface area contributed by atoms with E-state index < -0.39 is 10.0 Å². The summed E-state index contributed by atoms with van der Waals surface area (Å²) in [5.74, 6) is 0.155. The van der Waals surface area contributed by atoms with Gasteiger partial charge in [-0.3, -0.25) is 0 Å². The highest BCUT2D eigenvalue weighted by Gasteiger charge is 2.25. The summed E-state index contributed by atoms with van der Waals surface area (Å²) in [6, 6.07) is 6.52. The molecule has 0 spiro atoms. The quantitative estimate of drug-likeness (QED) is 0.451. The van der Waals surface area contributed by atoms with Gasteiger partial charge in [0, 0.05) is 6.54 Å². The van der Waals surface area contributed by atoms with Crippen LogP contribution < -0.4 is 4.85 Å². The minimum absolute atomic E-state index is 0.0928. The van der Waals surface area contributed by atoms with Gasteiger partial charge >= 0.3 is 0 Å². The van der Waals surface area contributed by atoms with Crippen molar-refractivity contribution in [2.45, 2.75) is 18.4 Å². The molecule has 2 rings (SSSR count).